The Bertz CT molecular complexity index is 386. The molecule has 0 saturated heterocycles. The molecule has 3 heteroatoms. The second kappa shape index (κ2) is 8.49. The molecule has 0 fully saturated rings. The quantitative estimate of drug-likeness (QED) is 0.791. The van der Waals surface area contributed by atoms with E-state index in [2.05, 4.69) is 43.4 Å². The standard InChI is InChI=1S/C16H27NOS/c1-5-7-14-8-10-15(11-9-14)16(17-6-2)12-19(18)13(3)4/h8-11,13,16-17H,5-7,12H2,1-4H3. The first kappa shape index (κ1) is 16.4. The van der Waals surface area contributed by atoms with Crippen molar-refractivity contribution >= 4 is 10.8 Å². The molecule has 19 heavy (non-hydrogen) atoms. The molecule has 0 spiro atoms. The van der Waals surface area contributed by atoms with Crippen molar-refractivity contribution in [2.75, 3.05) is 12.3 Å². The van der Waals surface area contributed by atoms with E-state index in [9.17, 15) is 4.21 Å². The molecule has 108 valence electrons. The van der Waals surface area contributed by atoms with E-state index >= 15 is 0 Å². The van der Waals surface area contributed by atoms with Gasteiger partial charge in [-0.05, 0) is 24.1 Å². The first-order valence-electron chi connectivity index (χ1n) is 7.27. The third-order valence-electron chi connectivity index (χ3n) is 3.23. The first-order chi connectivity index (χ1) is 9.08. The fourth-order valence-corrected chi connectivity index (χ4v) is 3.11. The lowest BCUT2D eigenvalue weighted by Crippen LogP contribution is -2.28. The minimum atomic E-state index is -0.775. The van der Waals surface area contributed by atoms with E-state index in [1.165, 1.54) is 17.5 Å². The Morgan fingerprint density at radius 1 is 1.16 bits per heavy atom. The molecule has 0 aromatic heterocycles. The number of nitrogens with one attached hydrogen (secondary N) is 1. The Hall–Kier alpha value is -0.670. The van der Waals surface area contributed by atoms with Crippen LogP contribution in [0.2, 0.25) is 0 Å². The molecule has 1 aromatic carbocycles. The molecule has 0 aliphatic rings. The molecular formula is C16H27NOS. The summed E-state index contributed by atoms with van der Waals surface area (Å²) >= 11 is 0. The zero-order valence-corrected chi connectivity index (χ0v) is 13.4. The van der Waals surface area contributed by atoms with Crippen molar-refractivity contribution in [2.45, 2.75) is 51.8 Å². The lowest BCUT2D eigenvalue weighted by molar-refractivity contribution is 0.592. The smallest absolute Gasteiger partial charge is 0.0436 e. The van der Waals surface area contributed by atoms with Gasteiger partial charge < -0.3 is 5.32 Å². The van der Waals surface area contributed by atoms with Crippen molar-refractivity contribution < 1.29 is 4.21 Å². The highest BCUT2D eigenvalue weighted by atomic mass is 32.2. The maximum absolute atomic E-state index is 12.0. The number of hydrogen-bond donors (Lipinski definition) is 1. The third-order valence-corrected chi connectivity index (χ3v) is 4.94. The van der Waals surface area contributed by atoms with Crippen LogP contribution in [0.1, 0.15) is 51.3 Å². The summed E-state index contributed by atoms with van der Waals surface area (Å²) in [6.45, 7) is 9.22. The maximum Gasteiger partial charge on any atom is 0.0436 e. The second-order valence-corrected chi connectivity index (χ2v) is 7.24. The van der Waals surface area contributed by atoms with E-state index < -0.39 is 10.8 Å². The number of aryl methyl sites for hydroxylation is 1. The van der Waals surface area contributed by atoms with Gasteiger partial charge in [-0.1, -0.05) is 58.4 Å². The zero-order chi connectivity index (χ0) is 14.3. The number of rotatable bonds is 8. The molecule has 2 atom stereocenters. The summed E-state index contributed by atoms with van der Waals surface area (Å²) in [7, 11) is -0.775. The van der Waals surface area contributed by atoms with Gasteiger partial charge in [-0.3, -0.25) is 4.21 Å². The molecule has 0 amide bonds. The van der Waals surface area contributed by atoms with Gasteiger partial charge in [0, 0.05) is 27.8 Å². The van der Waals surface area contributed by atoms with Crippen LogP contribution in [0, 0.1) is 0 Å². The van der Waals surface area contributed by atoms with E-state index in [-0.39, 0.29) is 11.3 Å². The number of hydrogen-bond acceptors (Lipinski definition) is 2. The average Bonchev–Trinajstić information content (AvgIpc) is 2.39. The van der Waals surface area contributed by atoms with E-state index in [1.54, 1.807) is 0 Å². The average molecular weight is 281 g/mol. The summed E-state index contributed by atoms with van der Waals surface area (Å²) < 4.78 is 12.0. The van der Waals surface area contributed by atoms with Crippen molar-refractivity contribution in [2.24, 2.45) is 0 Å². The van der Waals surface area contributed by atoms with Crippen molar-refractivity contribution in [3.8, 4) is 0 Å². The molecule has 0 aliphatic carbocycles. The van der Waals surface area contributed by atoms with Crippen LogP contribution in [-0.4, -0.2) is 21.8 Å². The van der Waals surface area contributed by atoms with Gasteiger partial charge in [0.2, 0.25) is 0 Å². The summed E-state index contributed by atoms with van der Waals surface area (Å²) in [4.78, 5) is 0. The summed E-state index contributed by atoms with van der Waals surface area (Å²) in [5.74, 6) is 0.693. The second-order valence-electron chi connectivity index (χ2n) is 5.20. The highest BCUT2D eigenvalue weighted by Gasteiger charge is 2.15. The molecule has 0 heterocycles. The van der Waals surface area contributed by atoms with Gasteiger partial charge in [-0.15, -0.1) is 0 Å². The fourth-order valence-electron chi connectivity index (χ4n) is 2.08. The molecule has 0 aliphatic heterocycles. The first-order valence-corrected chi connectivity index (χ1v) is 8.66. The molecule has 0 radical (unpaired) electrons. The van der Waals surface area contributed by atoms with Gasteiger partial charge in [0.25, 0.3) is 0 Å². The Labute approximate surface area is 120 Å². The Morgan fingerprint density at radius 2 is 1.79 bits per heavy atom. The van der Waals surface area contributed by atoms with Crippen molar-refractivity contribution in [1.29, 1.82) is 0 Å². The van der Waals surface area contributed by atoms with Gasteiger partial charge in [0.15, 0.2) is 0 Å². The van der Waals surface area contributed by atoms with Gasteiger partial charge in [0.05, 0.1) is 0 Å². The summed E-state index contributed by atoms with van der Waals surface area (Å²) in [5, 5.41) is 3.67. The minimum Gasteiger partial charge on any atom is -0.309 e. The Balaban J connectivity index is 2.77. The van der Waals surface area contributed by atoms with Gasteiger partial charge >= 0.3 is 0 Å². The van der Waals surface area contributed by atoms with Crippen LogP contribution >= 0.6 is 0 Å². The van der Waals surface area contributed by atoms with Gasteiger partial charge in [-0.25, -0.2) is 0 Å². The molecule has 2 unspecified atom stereocenters. The summed E-state index contributed by atoms with van der Waals surface area (Å²) in [5.41, 5.74) is 2.63. The monoisotopic (exact) mass is 281 g/mol. The highest BCUT2D eigenvalue weighted by molar-refractivity contribution is 7.85. The highest BCUT2D eigenvalue weighted by Crippen LogP contribution is 2.17. The molecular weight excluding hydrogens is 254 g/mol. The largest absolute Gasteiger partial charge is 0.309 e. The van der Waals surface area contributed by atoms with Crippen LogP contribution in [0.25, 0.3) is 0 Å². The third kappa shape index (κ3) is 5.45. The van der Waals surface area contributed by atoms with Crippen LogP contribution in [-0.2, 0) is 17.2 Å². The van der Waals surface area contributed by atoms with E-state index in [0.717, 1.165) is 13.0 Å². The van der Waals surface area contributed by atoms with Crippen LogP contribution in [0.3, 0.4) is 0 Å². The lowest BCUT2D eigenvalue weighted by Gasteiger charge is -2.19. The molecule has 1 rings (SSSR count). The van der Waals surface area contributed by atoms with Crippen LogP contribution < -0.4 is 5.32 Å². The minimum absolute atomic E-state index is 0.198. The Kier molecular flexibility index (Phi) is 7.32. The lowest BCUT2D eigenvalue weighted by atomic mass is 10.0. The normalized spacial score (nSPS) is 14.6. The topological polar surface area (TPSA) is 29.1 Å². The molecule has 1 aromatic rings. The van der Waals surface area contributed by atoms with Crippen LogP contribution in [0.5, 0.6) is 0 Å². The van der Waals surface area contributed by atoms with Crippen molar-refractivity contribution in [3.05, 3.63) is 35.4 Å². The van der Waals surface area contributed by atoms with Crippen LogP contribution in [0.15, 0.2) is 24.3 Å². The molecule has 2 nitrogen and oxygen atoms in total. The predicted octanol–water partition coefficient (Wildman–Crippen LogP) is 3.45. The molecule has 0 saturated carbocycles. The van der Waals surface area contributed by atoms with Gasteiger partial charge in [0.1, 0.15) is 0 Å². The van der Waals surface area contributed by atoms with Crippen molar-refractivity contribution in [1.82, 2.24) is 5.32 Å². The summed E-state index contributed by atoms with van der Waals surface area (Å²) in [6, 6.07) is 8.94. The predicted molar refractivity (Wildman–Crippen MR) is 85.0 cm³/mol. The van der Waals surface area contributed by atoms with Crippen LogP contribution in [0.4, 0.5) is 0 Å². The number of benzene rings is 1. The SMILES string of the molecule is CCCc1ccc(C(CS(=O)C(C)C)NCC)cc1. The van der Waals surface area contributed by atoms with E-state index in [1.807, 2.05) is 13.8 Å². The molecule has 1 N–H and O–H groups in total. The fraction of sp³-hybridized carbons (Fsp3) is 0.625. The maximum atomic E-state index is 12.0. The zero-order valence-electron chi connectivity index (χ0n) is 12.6. The van der Waals surface area contributed by atoms with Crippen molar-refractivity contribution in [3.63, 3.8) is 0 Å². The van der Waals surface area contributed by atoms with Gasteiger partial charge in [-0.2, -0.15) is 0 Å². The molecule has 0 bridgehead atoms. The van der Waals surface area contributed by atoms with E-state index in [0.29, 0.717) is 5.75 Å². The Morgan fingerprint density at radius 3 is 2.26 bits per heavy atom. The van der Waals surface area contributed by atoms with E-state index in [4.69, 9.17) is 0 Å². The summed E-state index contributed by atoms with van der Waals surface area (Å²) in [6.07, 6.45) is 2.30.